The Labute approximate surface area is 188 Å². The number of nitrogens with one attached hydrogen (secondary N) is 1. The van der Waals surface area contributed by atoms with Crippen molar-refractivity contribution in [2.24, 2.45) is 5.92 Å². The summed E-state index contributed by atoms with van der Waals surface area (Å²) in [6, 6.07) is 9.02. The van der Waals surface area contributed by atoms with Crippen LogP contribution in [0.5, 0.6) is 0 Å². The van der Waals surface area contributed by atoms with E-state index in [0.29, 0.717) is 24.6 Å². The molecule has 3 rings (SSSR count). The smallest absolute Gasteiger partial charge is 0.358 e. The van der Waals surface area contributed by atoms with Crippen molar-refractivity contribution in [3.05, 3.63) is 47.3 Å². The molecule has 8 heteroatoms. The number of nitrogens with zero attached hydrogens (tertiary/aromatic N) is 3. The van der Waals surface area contributed by atoms with E-state index in [1.165, 1.54) is 10.7 Å². The maximum absolute atomic E-state index is 13.7. The molecular formula is C24H32N4O4. The number of hydrogen-bond donors (Lipinski definition) is 1. The fourth-order valence-electron chi connectivity index (χ4n) is 3.96. The molecule has 32 heavy (non-hydrogen) atoms. The molecule has 0 radical (unpaired) electrons. The quantitative estimate of drug-likeness (QED) is 0.636. The number of hydrogen-bond acceptors (Lipinski definition) is 5. The van der Waals surface area contributed by atoms with E-state index in [1.54, 1.807) is 18.7 Å². The lowest BCUT2D eigenvalue weighted by Crippen LogP contribution is -2.64. The van der Waals surface area contributed by atoms with E-state index in [-0.39, 0.29) is 36.4 Å². The van der Waals surface area contributed by atoms with Crippen LogP contribution in [0.3, 0.4) is 0 Å². The van der Waals surface area contributed by atoms with E-state index >= 15 is 0 Å². The summed E-state index contributed by atoms with van der Waals surface area (Å²) >= 11 is 0. The molecule has 1 aliphatic heterocycles. The van der Waals surface area contributed by atoms with Crippen LogP contribution in [0.4, 0.5) is 5.69 Å². The number of aromatic nitrogens is 2. The van der Waals surface area contributed by atoms with E-state index in [1.807, 2.05) is 31.2 Å². The van der Waals surface area contributed by atoms with Crippen LogP contribution < -0.4 is 10.2 Å². The summed E-state index contributed by atoms with van der Waals surface area (Å²) in [4.78, 5) is 40.9. The zero-order valence-corrected chi connectivity index (χ0v) is 19.5. The van der Waals surface area contributed by atoms with Gasteiger partial charge in [-0.25, -0.2) is 4.79 Å². The zero-order chi connectivity index (χ0) is 23.5. The van der Waals surface area contributed by atoms with Gasteiger partial charge in [-0.05, 0) is 44.2 Å². The monoisotopic (exact) mass is 440 g/mol. The maximum atomic E-state index is 13.7. The Hall–Kier alpha value is -3.16. The molecule has 2 amide bonds. The van der Waals surface area contributed by atoms with Crippen LogP contribution in [0.25, 0.3) is 0 Å². The Bertz CT molecular complexity index is 1010. The molecule has 0 bridgehead atoms. The van der Waals surface area contributed by atoms with Gasteiger partial charge in [0.05, 0.1) is 13.2 Å². The van der Waals surface area contributed by atoms with Crippen molar-refractivity contribution < 1.29 is 19.1 Å². The summed E-state index contributed by atoms with van der Waals surface area (Å²) < 4.78 is 6.49. The van der Waals surface area contributed by atoms with Crippen molar-refractivity contribution in [1.29, 1.82) is 0 Å². The van der Waals surface area contributed by atoms with Gasteiger partial charge in [-0.15, -0.1) is 0 Å². The van der Waals surface area contributed by atoms with E-state index in [9.17, 15) is 14.4 Å². The fraction of sp³-hybridized carbons (Fsp3) is 0.500. The van der Waals surface area contributed by atoms with Gasteiger partial charge in [0.1, 0.15) is 11.2 Å². The number of amides is 2. The Kier molecular flexibility index (Phi) is 7.01. The summed E-state index contributed by atoms with van der Waals surface area (Å²) in [5.74, 6) is -0.776. The second-order valence-electron chi connectivity index (χ2n) is 8.63. The van der Waals surface area contributed by atoms with Gasteiger partial charge >= 0.3 is 5.97 Å². The van der Waals surface area contributed by atoms with Crippen LogP contribution in [0.2, 0.25) is 0 Å². The molecule has 0 saturated carbocycles. The number of benzene rings is 1. The first-order valence-electron chi connectivity index (χ1n) is 11.2. The van der Waals surface area contributed by atoms with Gasteiger partial charge in [-0.3, -0.25) is 19.2 Å². The molecule has 1 N–H and O–H groups in total. The number of anilines is 1. The summed E-state index contributed by atoms with van der Waals surface area (Å²) in [7, 11) is 0. The number of aryl methyl sites for hydroxylation is 1. The SMILES string of the molecule is CCOC(=O)c1cc2n(n1)C[C@](C)(C(=O)NCCC(C)C)N(c1ccccc1CC)C2=O. The third-order valence-electron chi connectivity index (χ3n) is 5.75. The van der Waals surface area contributed by atoms with E-state index in [4.69, 9.17) is 4.74 Å². The van der Waals surface area contributed by atoms with Crippen LogP contribution in [-0.4, -0.2) is 46.3 Å². The topological polar surface area (TPSA) is 93.5 Å². The summed E-state index contributed by atoms with van der Waals surface area (Å²) in [6.45, 7) is 10.5. The van der Waals surface area contributed by atoms with Crippen LogP contribution in [0.1, 0.15) is 67.6 Å². The molecule has 1 aliphatic rings. The second-order valence-corrected chi connectivity index (χ2v) is 8.63. The predicted molar refractivity (Wildman–Crippen MR) is 122 cm³/mol. The van der Waals surface area contributed by atoms with Gasteiger partial charge in [0, 0.05) is 18.3 Å². The van der Waals surface area contributed by atoms with Crippen molar-refractivity contribution in [3.8, 4) is 0 Å². The molecular weight excluding hydrogens is 408 g/mol. The number of carbonyl (C=O) groups excluding carboxylic acids is 3. The molecule has 8 nitrogen and oxygen atoms in total. The van der Waals surface area contributed by atoms with Crippen LogP contribution in [0, 0.1) is 5.92 Å². The van der Waals surface area contributed by atoms with Crippen LogP contribution >= 0.6 is 0 Å². The Morgan fingerprint density at radius 2 is 1.97 bits per heavy atom. The van der Waals surface area contributed by atoms with Crippen molar-refractivity contribution >= 4 is 23.5 Å². The number of rotatable bonds is 8. The average molecular weight is 441 g/mol. The maximum Gasteiger partial charge on any atom is 0.358 e. The molecule has 2 heterocycles. The summed E-state index contributed by atoms with van der Waals surface area (Å²) in [6.07, 6.45) is 1.54. The number of fused-ring (bicyclic) bond motifs is 1. The van der Waals surface area contributed by atoms with Gasteiger partial charge in [0.25, 0.3) is 5.91 Å². The first-order valence-corrected chi connectivity index (χ1v) is 11.2. The molecule has 0 fully saturated rings. The normalized spacial score (nSPS) is 17.9. The lowest BCUT2D eigenvalue weighted by molar-refractivity contribution is -0.126. The summed E-state index contributed by atoms with van der Waals surface area (Å²) in [5, 5.41) is 7.29. The van der Waals surface area contributed by atoms with Crippen molar-refractivity contribution in [2.45, 2.75) is 59.5 Å². The van der Waals surface area contributed by atoms with Gasteiger partial charge in [0.2, 0.25) is 5.91 Å². The van der Waals surface area contributed by atoms with E-state index in [0.717, 1.165) is 12.0 Å². The number of esters is 1. The lowest BCUT2D eigenvalue weighted by atomic mass is 9.92. The molecule has 1 atom stereocenters. The Balaban J connectivity index is 2.07. The minimum absolute atomic E-state index is 0.0587. The highest BCUT2D eigenvalue weighted by Gasteiger charge is 2.49. The first-order chi connectivity index (χ1) is 15.2. The number of carbonyl (C=O) groups is 3. The number of para-hydroxylation sites is 1. The predicted octanol–water partition coefficient (Wildman–Crippen LogP) is 3.20. The molecule has 0 aliphatic carbocycles. The molecule has 0 spiro atoms. The van der Waals surface area contributed by atoms with Crippen LogP contribution in [-0.2, 0) is 22.5 Å². The average Bonchev–Trinajstić information content (AvgIpc) is 3.18. The largest absolute Gasteiger partial charge is 0.461 e. The highest BCUT2D eigenvalue weighted by Crippen LogP contribution is 2.35. The third kappa shape index (κ3) is 4.40. The zero-order valence-electron chi connectivity index (χ0n) is 19.5. The van der Waals surface area contributed by atoms with E-state index in [2.05, 4.69) is 24.3 Å². The van der Waals surface area contributed by atoms with Gasteiger partial charge < -0.3 is 10.1 Å². The van der Waals surface area contributed by atoms with Gasteiger partial charge in [-0.1, -0.05) is 39.0 Å². The first kappa shape index (κ1) is 23.5. The number of ether oxygens (including phenoxy) is 1. The molecule has 1 aromatic heterocycles. The second kappa shape index (κ2) is 9.54. The molecule has 0 unspecified atom stereocenters. The molecule has 172 valence electrons. The fourth-order valence-corrected chi connectivity index (χ4v) is 3.96. The molecule has 2 aromatic rings. The third-order valence-corrected chi connectivity index (χ3v) is 5.75. The highest BCUT2D eigenvalue weighted by atomic mass is 16.5. The Morgan fingerprint density at radius 3 is 2.62 bits per heavy atom. The lowest BCUT2D eigenvalue weighted by Gasteiger charge is -2.43. The van der Waals surface area contributed by atoms with Crippen LogP contribution in [0.15, 0.2) is 30.3 Å². The van der Waals surface area contributed by atoms with Crippen molar-refractivity contribution in [3.63, 3.8) is 0 Å². The summed E-state index contributed by atoms with van der Waals surface area (Å²) in [5.41, 5.74) is 0.742. The van der Waals surface area contributed by atoms with Gasteiger partial charge in [0.15, 0.2) is 5.69 Å². The Morgan fingerprint density at radius 1 is 1.25 bits per heavy atom. The van der Waals surface area contributed by atoms with Gasteiger partial charge in [-0.2, -0.15) is 5.10 Å². The molecule has 0 saturated heterocycles. The van der Waals surface area contributed by atoms with Crippen molar-refractivity contribution in [2.75, 3.05) is 18.1 Å². The standard InChI is InChI=1S/C24H32N4O4/c1-6-17-10-8-9-11-19(17)28-21(29)20-14-18(22(30)32-7-2)26-27(20)15-24(28,5)23(31)25-13-12-16(3)4/h8-11,14,16H,6-7,12-13,15H2,1-5H3,(H,25,31)/t24-/m1/s1. The highest BCUT2D eigenvalue weighted by molar-refractivity contribution is 6.12. The minimum atomic E-state index is -1.22. The molecule has 1 aromatic carbocycles. The van der Waals surface area contributed by atoms with E-state index < -0.39 is 11.5 Å². The minimum Gasteiger partial charge on any atom is -0.461 e. The van der Waals surface area contributed by atoms with Crippen molar-refractivity contribution in [1.82, 2.24) is 15.1 Å².